The lowest BCUT2D eigenvalue weighted by Gasteiger charge is -2.11. The number of anilines is 1. The van der Waals surface area contributed by atoms with Gasteiger partial charge in [0.1, 0.15) is 11.6 Å². The van der Waals surface area contributed by atoms with Crippen LogP contribution in [0.5, 0.6) is 0 Å². The van der Waals surface area contributed by atoms with E-state index >= 15 is 0 Å². The predicted molar refractivity (Wildman–Crippen MR) is 82.7 cm³/mol. The molecule has 1 saturated carbocycles. The van der Waals surface area contributed by atoms with Crippen LogP contribution in [-0.4, -0.2) is 9.97 Å². The van der Waals surface area contributed by atoms with Gasteiger partial charge in [-0.15, -0.1) is 0 Å². The highest BCUT2D eigenvalue weighted by Gasteiger charge is 2.28. The van der Waals surface area contributed by atoms with E-state index in [1.165, 1.54) is 18.4 Å². The van der Waals surface area contributed by atoms with E-state index in [2.05, 4.69) is 43.1 Å². The van der Waals surface area contributed by atoms with Gasteiger partial charge < -0.3 is 5.73 Å². The maximum atomic E-state index is 6.05. The molecule has 3 nitrogen and oxygen atoms in total. The zero-order valence-electron chi connectivity index (χ0n) is 12.4. The molecule has 0 radical (unpaired) electrons. The molecule has 1 aliphatic rings. The Bertz CT molecular complexity index is 625. The minimum absolute atomic E-state index is 0.520. The molecule has 2 aromatic rings. The largest absolute Gasteiger partial charge is 0.383 e. The fraction of sp³-hybridized carbons (Fsp3) is 0.412. The van der Waals surface area contributed by atoms with E-state index in [1.807, 2.05) is 6.92 Å². The Kier molecular flexibility index (Phi) is 3.20. The first-order valence-electron chi connectivity index (χ1n) is 7.30. The van der Waals surface area contributed by atoms with Crippen LogP contribution in [0.3, 0.4) is 0 Å². The Balaban J connectivity index is 2.04. The molecule has 0 saturated heterocycles. The molecule has 104 valence electrons. The number of benzene rings is 1. The van der Waals surface area contributed by atoms with Crippen molar-refractivity contribution >= 4 is 5.82 Å². The SMILES string of the molecule is Cc1c(N)nc(C2CC2)nc1-c1ccc(C(C)C)cc1. The maximum absolute atomic E-state index is 6.05. The molecule has 1 fully saturated rings. The summed E-state index contributed by atoms with van der Waals surface area (Å²) in [4.78, 5) is 9.18. The molecule has 1 aliphatic carbocycles. The van der Waals surface area contributed by atoms with E-state index in [1.54, 1.807) is 0 Å². The van der Waals surface area contributed by atoms with Crippen molar-refractivity contribution < 1.29 is 0 Å². The molecule has 3 rings (SSSR count). The molecule has 0 atom stereocenters. The Hall–Kier alpha value is -1.90. The first kappa shape index (κ1) is 13.1. The Labute approximate surface area is 120 Å². The second kappa shape index (κ2) is 4.89. The molecule has 3 heteroatoms. The third kappa shape index (κ3) is 2.40. The van der Waals surface area contributed by atoms with Gasteiger partial charge in [-0.25, -0.2) is 9.97 Å². The Morgan fingerprint density at radius 2 is 1.75 bits per heavy atom. The highest BCUT2D eigenvalue weighted by Crippen LogP contribution is 2.39. The number of hydrogen-bond acceptors (Lipinski definition) is 3. The molecule has 0 amide bonds. The van der Waals surface area contributed by atoms with Gasteiger partial charge in [0, 0.05) is 17.0 Å². The third-order valence-electron chi connectivity index (χ3n) is 3.99. The van der Waals surface area contributed by atoms with Gasteiger partial charge in [0.05, 0.1) is 5.69 Å². The van der Waals surface area contributed by atoms with Gasteiger partial charge in [0.15, 0.2) is 0 Å². The lowest BCUT2D eigenvalue weighted by Crippen LogP contribution is -2.04. The highest BCUT2D eigenvalue weighted by molar-refractivity contribution is 5.67. The number of aromatic nitrogens is 2. The topological polar surface area (TPSA) is 51.8 Å². The summed E-state index contributed by atoms with van der Waals surface area (Å²) in [6.45, 7) is 6.40. The lowest BCUT2D eigenvalue weighted by atomic mass is 9.99. The van der Waals surface area contributed by atoms with Crippen LogP contribution in [0.15, 0.2) is 24.3 Å². The van der Waals surface area contributed by atoms with Crippen LogP contribution >= 0.6 is 0 Å². The number of nitrogens with two attached hydrogens (primary N) is 1. The average Bonchev–Trinajstić information content (AvgIpc) is 3.26. The molecular weight excluding hydrogens is 246 g/mol. The summed E-state index contributed by atoms with van der Waals surface area (Å²) in [5.41, 5.74) is 10.5. The van der Waals surface area contributed by atoms with Crippen LogP contribution in [0.2, 0.25) is 0 Å². The predicted octanol–water partition coefficient (Wildman–Crippen LogP) is 4.04. The van der Waals surface area contributed by atoms with Crippen LogP contribution in [0, 0.1) is 6.92 Å². The minimum atomic E-state index is 0.520. The summed E-state index contributed by atoms with van der Waals surface area (Å²) < 4.78 is 0. The van der Waals surface area contributed by atoms with Crippen molar-refractivity contribution in [2.45, 2.75) is 45.4 Å². The third-order valence-corrected chi connectivity index (χ3v) is 3.99. The van der Waals surface area contributed by atoms with Crippen molar-refractivity contribution in [3.8, 4) is 11.3 Å². The first-order valence-corrected chi connectivity index (χ1v) is 7.30. The van der Waals surface area contributed by atoms with Crippen molar-refractivity contribution in [2.75, 3.05) is 5.73 Å². The van der Waals surface area contributed by atoms with Gasteiger partial charge >= 0.3 is 0 Å². The highest BCUT2D eigenvalue weighted by atomic mass is 15.0. The number of rotatable bonds is 3. The zero-order valence-corrected chi connectivity index (χ0v) is 12.4. The standard InChI is InChI=1S/C17H21N3/c1-10(2)12-4-6-13(7-5-12)15-11(3)16(18)20-17(19-15)14-8-9-14/h4-7,10,14H,8-9H2,1-3H3,(H2,18,19,20). The molecule has 1 aromatic carbocycles. The summed E-state index contributed by atoms with van der Waals surface area (Å²) >= 11 is 0. The molecule has 1 aromatic heterocycles. The van der Waals surface area contributed by atoms with E-state index in [0.29, 0.717) is 17.7 Å². The van der Waals surface area contributed by atoms with Crippen LogP contribution in [-0.2, 0) is 0 Å². The molecule has 0 spiro atoms. The van der Waals surface area contributed by atoms with Crippen LogP contribution in [0.25, 0.3) is 11.3 Å². The maximum Gasteiger partial charge on any atom is 0.134 e. The number of nitrogens with zero attached hydrogens (tertiary/aromatic N) is 2. The normalized spacial score (nSPS) is 14.8. The molecule has 1 heterocycles. The van der Waals surface area contributed by atoms with Gasteiger partial charge in [-0.3, -0.25) is 0 Å². The van der Waals surface area contributed by atoms with Crippen LogP contribution < -0.4 is 5.73 Å². The van der Waals surface area contributed by atoms with Crippen LogP contribution in [0.1, 0.15) is 55.5 Å². The van der Waals surface area contributed by atoms with Crippen molar-refractivity contribution in [3.05, 3.63) is 41.2 Å². The summed E-state index contributed by atoms with van der Waals surface area (Å²) in [5, 5.41) is 0. The second-order valence-corrected chi connectivity index (χ2v) is 5.99. The summed E-state index contributed by atoms with van der Waals surface area (Å²) in [6.07, 6.45) is 2.38. The number of nitrogen functional groups attached to an aromatic ring is 1. The quantitative estimate of drug-likeness (QED) is 0.913. The molecule has 0 aliphatic heterocycles. The molecule has 2 N–H and O–H groups in total. The van der Waals surface area contributed by atoms with E-state index in [0.717, 1.165) is 22.6 Å². The summed E-state index contributed by atoms with van der Waals surface area (Å²) in [5.74, 6) is 2.59. The van der Waals surface area contributed by atoms with Crippen LogP contribution in [0.4, 0.5) is 5.82 Å². The first-order chi connectivity index (χ1) is 9.56. The van der Waals surface area contributed by atoms with E-state index in [9.17, 15) is 0 Å². The fourth-order valence-electron chi connectivity index (χ4n) is 2.38. The van der Waals surface area contributed by atoms with E-state index in [-0.39, 0.29) is 0 Å². The van der Waals surface area contributed by atoms with Crippen molar-refractivity contribution in [2.24, 2.45) is 0 Å². The molecule has 20 heavy (non-hydrogen) atoms. The van der Waals surface area contributed by atoms with Crippen molar-refractivity contribution in [1.29, 1.82) is 0 Å². The van der Waals surface area contributed by atoms with Gasteiger partial charge in [-0.1, -0.05) is 38.1 Å². The van der Waals surface area contributed by atoms with E-state index in [4.69, 9.17) is 10.7 Å². The molecular formula is C17H21N3. The van der Waals surface area contributed by atoms with Crippen molar-refractivity contribution in [1.82, 2.24) is 9.97 Å². The average molecular weight is 267 g/mol. The van der Waals surface area contributed by atoms with E-state index < -0.39 is 0 Å². The molecule has 0 unspecified atom stereocenters. The van der Waals surface area contributed by atoms with Gasteiger partial charge in [-0.05, 0) is 31.2 Å². The summed E-state index contributed by atoms with van der Waals surface area (Å²) in [7, 11) is 0. The van der Waals surface area contributed by atoms with Crippen molar-refractivity contribution in [3.63, 3.8) is 0 Å². The smallest absolute Gasteiger partial charge is 0.134 e. The Morgan fingerprint density at radius 1 is 1.10 bits per heavy atom. The Morgan fingerprint density at radius 3 is 2.30 bits per heavy atom. The fourth-order valence-corrected chi connectivity index (χ4v) is 2.38. The van der Waals surface area contributed by atoms with Gasteiger partial charge in [-0.2, -0.15) is 0 Å². The molecule has 0 bridgehead atoms. The zero-order chi connectivity index (χ0) is 14.3. The summed E-state index contributed by atoms with van der Waals surface area (Å²) in [6, 6.07) is 8.63. The van der Waals surface area contributed by atoms with Gasteiger partial charge in [0.25, 0.3) is 0 Å². The number of hydrogen-bond donors (Lipinski definition) is 1. The monoisotopic (exact) mass is 267 g/mol. The van der Waals surface area contributed by atoms with Gasteiger partial charge in [0.2, 0.25) is 0 Å². The minimum Gasteiger partial charge on any atom is -0.383 e. The lowest BCUT2D eigenvalue weighted by molar-refractivity contribution is 0.866. The second-order valence-electron chi connectivity index (χ2n) is 5.99.